The smallest absolute Gasteiger partial charge is 0.167 e. The molecule has 11 heteroatoms. The quantitative estimate of drug-likeness (QED) is 0.248. The fraction of sp³-hybridized carbons (Fsp3) is 0.722. The average molecular weight is 409 g/mol. The molecule has 11 nitrogen and oxygen atoms in total. The molecule has 1 aliphatic heterocycles. The zero-order valence-corrected chi connectivity index (χ0v) is 16.5. The number of nitrogens with one attached hydrogen (secondary N) is 1. The van der Waals surface area contributed by atoms with Crippen LogP contribution in [0.25, 0.3) is 11.2 Å². The Morgan fingerprint density at radius 2 is 1.93 bits per heavy atom. The summed E-state index contributed by atoms with van der Waals surface area (Å²) in [7, 11) is 0. The number of anilines is 1. The van der Waals surface area contributed by atoms with Crippen LogP contribution in [0.2, 0.25) is 0 Å². The molecule has 2 aromatic heterocycles. The van der Waals surface area contributed by atoms with E-state index < -0.39 is 24.5 Å². The first-order valence-electron chi connectivity index (χ1n) is 10.1. The van der Waals surface area contributed by atoms with Gasteiger partial charge >= 0.3 is 0 Å². The second-order valence-electron chi connectivity index (χ2n) is 7.43. The van der Waals surface area contributed by atoms with E-state index in [0.717, 1.165) is 32.2 Å². The lowest BCUT2D eigenvalue weighted by molar-refractivity contribution is -0.0380. The Hall–Kier alpha value is -1.89. The maximum Gasteiger partial charge on any atom is 0.167 e. The van der Waals surface area contributed by atoms with Crippen molar-refractivity contribution < 1.29 is 14.9 Å². The van der Waals surface area contributed by atoms with E-state index in [9.17, 15) is 10.2 Å². The highest BCUT2D eigenvalue weighted by atomic mass is 16.6. The largest absolute Gasteiger partial charge is 0.388 e. The fourth-order valence-electron chi connectivity index (χ4n) is 3.74. The number of ether oxygens (including phenoxy) is 1. The topological polar surface area (TPSA) is 183 Å². The van der Waals surface area contributed by atoms with Crippen LogP contribution in [0.4, 0.5) is 5.82 Å². The Bertz CT molecular complexity index is 773. The molecule has 1 aliphatic rings. The number of hydrogen-bond acceptors (Lipinski definition) is 10. The summed E-state index contributed by atoms with van der Waals surface area (Å²) in [6.07, 6.45) is 3.62. The molecule has 0 saturated carbocycles. The number of aromatic nitrogens is 4. The van der Waals surface area contributed by atoms with E-state index in [-0.39, 0.29) is 11.9 Å². The third-order valence-corrected chi connectivity index (χ3v) is 5.38. The predicted molar refractivity (Wildman–Crippen MR) is 109 cm³/mol. The molecule has 0 aromatic carbocycles. The van der Waals surface area contributed by atoms with Gasteiger partial charge in [-0.15, -0.1) is 0 Å². The molecule has 9 N–H and O–H groups in total. The molecule has 0 aliphatic carbocycles. The second kappa shape index (κ2) is 10.2. The lowest BCUT2D eigenvalue weighted by Crippen LogP contribution is -2.35. The van der Waals surface area contributed by atoms with Crippen LogP contribution in [0.15, 0.2) is 12.7 Å². The van der Waals surface area contributed by atoms with E-state index in [2.05, 4.69) is 20.3 Å². The molecule has 5 atom stereocenters. The number of nitrogens with zero attached hydrogens (tertiary/aromatic N) is 4. The summed E-state index contributed by atoms with van der Waals surface area (Å²) < 4.78 is 7.58. The van der Waals surface area contributed by atoms with Gasteiger partial charge in [0, 0.05) is 6.04 Å². The molecule has 0 amide bonds. The molecule has 5 unspecified atom stereocenters. The van der Waals surface area contributed by atoms with Crippen LogP contribution in [-0.2, 0) is 4.74 Å². The predicted octanol–water partition coefficient (Wildman–Crippen LogP) is -1.15. The summed E-state index contributed by atoms with van der Waals surface area (Å²) >= 11 is 0. The molecule has 2 aromatic rings. The van der Waals surface area contributed by atoms with Gasteiger partial charge in [-0.3, -0.25) is 4.57 Å². The Balaban J connectivity index is 1.62. The molecular weight excluding hydrogens is 376 g/mol. The highest BCUT2D eigenvalue weighted by Crippen LogP contribution is 2.34. The van der Waals surface area contributed by atoms with Gasteiger partial charge in [0.05, 0.1) is 12.4 Å². The van der Waals surface area contributed by atoms with Crippen molar-refractivity contribution in [3.63, 3.8) is 0 Å². The van der Waals surface area contributed by atoms with Gasteiger partial charge in [0.25, 0.3) is 0 Å². The standard InChI is InChI=1S/C18H32N8O3/c19-6-1-2-8-22-11(5-7-20)3-4-12-14(27)15(28)18(29-12)26-10-25-13-16(21)23-9-24-17(13)26/h9-12,14-15,18,22,27-28H,1-8,19-20H2,(H2,21,23,24). The van der Waals surface area contributed by atoms with Crippen molar-refractivity contribution in [1.82, 2.24) is 24.8 Å². The summed E-state index contributed by atoms with van der Waals surface area (Å²) in [5.74, 6) is 0.253. The number of nitrogen functional groups attached to an aromatic ring is 1. The number of nitrogens with two attached hydrogens (primary N) is 3. The zero-order valence-electron chi connectivity index (χ0n) is 16.5. The van der Waals surface area contributed by atoms with Crippen LogP contribution in [0.5, 0.6) is 0 Å². The minimum atomic E-state index is -1.10. The monoisotopic (exact) mass is 408 g/mol. The van der Waals surface area contributed by atoms with Gasteiger partial charge in [-0.05, 0) is 51.7 Å². The number of imidazole rings is 1. The van der Waals surface area contributed by atoms with E-state index in [1.165, 1.54) is 12.7 Å². The molecular formula is C18H32N8O3. The van der Waals surface area contributed by atoms with Crippen molar-refractivity contribution >= 4 is 17.0 Å². The number of rotatable bonds is 11. The summed E-state index contributed by atoms with van der Waals surface area (Å²) in [5, 5.41) is 24.6. The van der Waals surface area contributed by atoms with Crippen LogP contribution in [0.3, 0.4) is 0 Å². The highest BCUT2D eigenvalue weighted by molar-refractivity contribution is 5.81. The van der Waals surface area contributed by atoms with Crippen LogP contribution in [0, 0.1) is 0 Å². The Kier molecular flexibility index (Phi) is 7.70. The van der Waals surface area contributed by atoms with Crippen LogP contribution in [-0.4, -0.2) is 73.7 Å². The van der Waals surface area contributed by atoms with Crippen LogP contribution >= 0.6 is 0 Å². The Labute approximate surface area is 169 Å². The zero-order chi connectivity index (χ0) is 20.8. The van der Waals surface area contributed by atoms with Crippen molar-refractivity contribution in [2.24, 2.45) is 11.5 Å². The third kappa shape index (κ3) is 5.00. The Morgan fingerprint density at radius 1 is 1.10 bits per heavy atom. The summed E-state index contributed by atoms with van der Waals surface area (Å²) in [6, 6.07) is 0.228. The molecule has 0 spiro atoms. The van der Waals surface area contributed by atoms with E-state index in [0.29, 0.717) is 30.7 Å². The number of unbranched alkanes of at least 4 members (excludes halogenated alkanes) is 1. The molecule has 1 fully saturated rings. The molecule has 0 bridgehead atoms. The van der Waals surface area contributed by atoms with Gasteiger partial charge in [-0.2, -0.15) is 0 Å². The van der Waals surface area contributed by atoms with Gasteiger partial charge in [-0.1, -0.05) is 0 Å². The first kappa shape index (κ1) is 21.8. The van der Waals surface area contributed by atoms with Gasteiger partial charge in [0.15, 0.2) is 17.7 Å². The third-order valence-electron chi connectivity index (χ3n) is 5.38. The van der Waals surface area contributed by atoms with Crippen molar-refractivity contribution in [1.29, 1.82) is 0 Å². The molecule has 162 valence electrons. The Morgan fingerprint density at radius 3 is 2.69 bits per heavy atom. The van der Waals surface area contributed by atoms with Crippen LogP contribution in [0.1, 0.15) is 38.3 Å². The maximum absolute atomic E-state index is 10.6. The van der Waals surface area contributed by atoms with E-state index in [4.69, 9.17) is 21.9 Å². The highest BCUT2D eigenvalue weighted by Gasteiger charge is 2.44. The first-order valence-corrected chi connectivity index (χ1v) is 10.1. The average Bonchev–Trinajstić information content (AvgIpc) is 3.26. The van der Waals surface area contributed by atoms with E-state index in [1.54, 1.807) is 4.57 Å². The molecule has 0 radical (unpaired) electrons. The van der Waals surface area contributed by atoms with Gasteiger partial charge in [0.1, 0.15) is 24.1 Å². The second-order valence-corrected chi connectivity index (χ2v) is 7.43. The number of fused-ring (bicyclic) bond motifs is 1. The van der Waals surface area contributed by atoms with Gasteiger partial charge in [0.2, 0.25) is 0 Å². The summed E-state index contributed by atoms with van der Waals surface area (Å²) in [5.41, 5.74) is 18.0. The SMILES string of the molecule is NCCCCNC(CCN)CCC1OC(n2cnc3c(N)ncnc32)C(O)C1O. The fourth-order valence-corrected chi connectivity index (χ4v) is 3.74. The lowest BCUT2D eigenvalue weighted by Gasteiger charge is -2.21. The maximum atomic E-state index is 10.6. The minimum absolute atomic E-state index is 0.228. The summed E-state index contributed by atoms with van der Waals surface area (Å²) in [4.78, 5) is 12.3. The minimum Gasteiger partial charge on any atom is -0.388 e. The van der Waals surface area contributed by atoms with Crippen LogP contribution < -0.4 is 22.5 Å². The van der Waals surface area contributed by atoms with Crippen molar-refractivity contribution in [3.8, 4) is 0 Å². The summed E-state index contributed by atoms with van der Waals surface area (Å²) in [6.45, 7) is 2.14. The van der Waals surface area contributed by atoms with Gasteiger partial charge in [-0.25, -0.2) is 15.0 Å². The van der Waals surface area contributed by atoms with Gasteiger partial charge < -0.3 is 37.5 Å². The van der Waals surface area contributed by atoms with Crippen molar-refractivity contribution in [2.45, 2.75) is 62.7 Å². The number of aliphatic hydroxyl groups excluding tert-OH is 2. The normalized spacial score (nSPS) is 25.7. The lowest BCUT2D eigenvalue weighted by atomic mass is 10.0. The first-order chi connectivity index (χ1) is 14.1. The molecule has 1 saturated heterocycles. The number of hydrogen-bond donors (Lipinski definition) is 6. The van der Waals surface area contributed by atoms with E-state index in [1.807, 2.05) is 0 Å². The molecule has 3 heterocycles. The number of aliphatic hydroxyl groups is 2. The van der Waals surface area contributed by atoms with E-state index >= 15 is 0 Å². The molecule has 3 rings (SSSR count). The molecule has 29 heavy (non-hydrogen) atoms. The van der Waals surface area contributed by atoms with Crippen molar-refractivity contribution in [3.05, 3.63) is 12.7 Å². The van der Waals surface area contributed by atoms with Crippen molar-refractivity contribution in [2.75, 3.05) is 25.4 Å².